The molecule has 4 N–H and O–H groups in total. The van der Waals surface area contributed by atoms with E-state index in [-0.39, 0.29) is 18.6 Å². The van der Waals surface area contributed by atoms with Crippen molar-refractivity contribution >= 4 is 11.6 Å². The normalized spacial score (nSPS) is 11.8. The number of aliphatic hydroxyl groups is 1. The monoisotopic (exact) mass is 268 g/mol. The van der Waals surface area contributed by atoms with Gasteiger partial charge in [0, 0.05) is 24.4 Å². The van der Waals surface area contributed by atoms with Crippen molar-refractivity contribution in [2.45, 2.75) is 19.4 Å². The van der Waals surface area contributed by atoms with Crippen LogP contribution in [0.15, 0.2) is 12.1 Å². The molecule has 19 heavy (non-hydrogen) atoms. The van der Waals surface area contributed by atoms with E-state index in [9.17, 15) is 4.79 Å². The van der Waals surface area contributed by atoms with E-state index < -0.39 is 0 Å². The summed E-state index contributed by atoms with van der Waals surface area (Å²) < 4.78 is 10.2. The molecule has 1 aromatic carbocycles. The maximum Gasteiger partial charge on any atom is 0.253 e. The van der Waals surface area contributed by atoms with E-state index in [1.54, 1.807) is 6.07 Å². The maximum absolute atomic E-state index is 12.0. The Balaban J connectivity index is 2.96. The fourth-order valence-electron chi connectivity index (χ4n) is 1.66. The second-order valence-corrected chi connectivity index (χ2v) is 4.18. The molecular formula is C13H20N2O4. The van der Waals surface area contributed by atoms with Crippen LogP contribution in [0.1, 0.15) is 23.7 Å². The number of hydrogen-bond donors (Lipinski definition) is 3. The highest BCUT2D eigenvalue weighted by atomic mass is 16.5. The molecule has 0 fully saturated rings. The highest BCUT2D eigenvalue weighted by Gasteiger charge is 2.16. The standard InChI is InChI=1S/C13H20N2O4/c1-8(4-5-16)15-13(17)9-6-11(18-2)12(19-3)7-10(9)14/h6-8,16H,4-5,14H2,1-3H3,(H,15,17). The Hall–Kier alpha value is -1.95. The summed E-state index contributed by atoms with van der Waals surface area (Å²) in [5.41, 5.74) is 6.46. The number of amides is 1. The fourth-order valence-corrected chi connectivity index (χ4v) is 1.66. The van der Waals surface area contributed by atoms with Crippen LogP contribution in [0.2, 0.25) is 0 Å². The largest absolute Gasteiger partial charge is 0.493 e. The van der Waals surface area contributed by atoms with Gasteiger partial charge in [0.15, 0.2) is 11.5 Å². The first-order valence-corrected chi connectivity index (χ1v) is 5.96. The van der Waals surface area contributed by atoms with Crippen LogP contribution in [0.5, 0.6) is 11.5 Å². The lowest BCUT2D eigenvalue weighted by atomic mass is 10.1. The third-order valence-corrected chi connectivity index (χ3v) is 2.74. The first-order chi connectivity index (χ1) is 9.03. The van der Waals surface area contributed by atoms with Crippen LogP contribution in [-0.4, -0.2) is 37.9 Å². The number of methoxy groups -OCH3 is 2. The number of carbonyl (C=O) groups is 1. The first-order valence-electron chi connectivity index (χ1n) is 5.96. The van der Waals surface area contributed by atoms with Crippen molar-refractivity contribution < 1.29 is 19.4 Å². The van der Waals surface area contributed by atoms with Crippen LogP contribution < -0.4 is 20.5 Å². The molecule has 0 aliphatic rings. The molecule has 0 heterocycles. The minimum absolute atomic E-state index is 0.0167. The van der Waals surface area contributed by atoms with Crippen molar-refractivity contribution in [1.29, 1.82) is 0 Å². The maximum atomic E-state index is 12.0. The summed E-state index contributed by atoms with van der Waals surface area (Å²) in [7, 11) is 2.99. The van der Waals surface area contributed by atoms with Gasteiger partial charge in [-0.15, -0.1) is 0 Å². The number of rotatable bonds is 6. The average molecular weight is 268 g/mol. The summed E-state index contributed by atoms with van der Waals surface area (Å²) in [4.78, 5) is 12.0. The quantitative estimate of drug-likeness (QED) is 0.663. The molecule has 0 spiro atoms. The van der Waals surface area contributed by atoms with Crippen molar-refractivity contribution in [3.8, 4) is 11.5 Å². The molecule has 1 atom stereocenters. The molecule has 1 rings (SSSR count). The van der Waals surface area contributed by atoms with Crippen LogP contribution in [0, 0.1) is 0 Å². The Morgan fingerprint density at radius 3 is 2.47 bits per heavy atom. The van der Waals surface area contributed by atoms with Gasteiger partial charge in [0.05, 0.1) is 19.8 Å². The van der Waals surface area contributed by atoms with Crippen molar-refractivity contribution in [3.05, 3.63) is 17.7 Å². The summed E-state index contributed by atoms with van der Waals surface area (Å²) >= 11 is 0. The topological polar surface area (TPSA) is 93.8 Å². The van der Waals surface area contributed by atoms with Crippen molar-refractivity contribution in [1.82, 2.24) is 5.32 Å². The summed E-state index contributed by atoms with van der Waals surface area (Å²) in [5.74, 6) is 0.607. The molecule has 0 aliphatic carbocycles. The van der Waals surface area contributed by atoms with Crippen molar-refractivity contribution in [3.63, 3.8) is 0 Å². The summed E-state index contributed by atoms with van der Waals surface area (Å²) in [5, 5.41) is 11.6. The molecule has 1 aromatic rings. The van der Waals surface area contributed by atoms with Gasteiger partial charge in [0.2, 0.25) is 0 Å². The van der Waals surface area contributed by atoms with Gasteiger partial charge in [0.25, 0.3) is 5.91 Å². The number of nitrogens with two attached hydrogens (primary N) is 1. The molecular weight excluding hydrogens is 248 g/mol. The zero-order chi connectivity index (χ0) is 14.4. The Kier molecular flexibility index (Phi) is 5.44. The van der Waals surface area contributed by atoms with Gasteiger partial charge in [-0.1, -0.05) is 0 Å². The number of carbonyl (C=O) groups excluding carboxylic acids is 1. The Morgan fingerprint density at radius 2 is 1.95 bits per heavy atom. The fraction of sp³-hybridized carbons (Fsp3) is 0.462. The second kappa shape index (κ2) is 6.84. The van der Waals surface area contributed by atoms with Crippen LogP contribution in [0.3, 0.4) is 0 Å². The minimum atomic E-state index is -0.306. The zero-order valence-electron chi connectivity index (χ0n) is 11.4. The van der Waals surface area contributed by atoms with Crippen LogP contribution in [0.4, 0.5) is 5.69 Å². The Bertz CT molecular complexity index is 449. The summed E-state index contributed by atoms with van der Waals surface area (Å²) in [6, 6.07) is 2.95. The van der Waals surface area contributed by atoms with E-state index in [1.807, 2.05) is 6.92 Å². The average Bonchev–Trinajstić information content (AvgIpc) is 2.38. The lowest BCUT2D eigenvalue weighted by Gasteiger charge is -2.15. The minimum Gasteiger partial charge on any atom is -0.493 e. The summed E-state index contributed by atoms with van der Waals surface area (Å²) in [6.45, 7) is 1.83. The van der Waals surface area contributed by atoms with Crippen molar-refractivity contribution in [2.75, 3.05) is 26.6 Å². The molecule has 6 heteroatoms. The van der Waals surface area contributed by atoms with Crippen LogP contribution >= 0.6 is 0 Å². The van der Waals surface area contributed by atoms with E-state index in [2.05, 4.69) is 5.32 Å². The van der Waals surface area contributed by atoms with E-state index >= 15 is 0 Å². The second-order valence-electron chi connectivity index (χ2n) is 4.18. The van der Waals surface area contributed by atoms with Gasteiger partial charge in [-0.25, -0.2) is 0 Å². The molecule has 6 nitrogen and oxygen atoms in total. The van der Waals surface area contributed by atoms with Crippen LogP contribution in [-0.2, 0) is 0 Å². The first kappa shape index (κ1) is 15.1. The van der Waals surface area contributed by atoms with Gasteiger partial charge in [0.1, 0.15) is 0 Å². The summed E-state index contributed by atoms with van der Waals surface area (Å²) in [6.07, 6.45) is 0.485. The number of benzene rings is 1. The Labute approximate surface area is 112 Å². The molecule has 0 aliphatic heterocycles. The third kappa shape index (κ3) is 3.75. The number of anilines is 1. The molecule has 0 aromatic heterocycles. The van der Waals surface area contributed by atoms with Gasteiger partial charge in [-0.2, -0.15) is 0 Å². The molecule has 0 saturated carbocycles. The molecule has 0 saturated heterocycles. The lowest BCUT2D eigenvalue weighted by Crippen LogP contribution is -2.33. The van der Waals surface area contributed by atoms with E-state index in [0.717, 1.165) is 0 Å². The number of ether oxygens (including phenoxy) is 2. The van der Waals surface area contributed by atoms with Gasteiger partial charge < -0.3 is 25.6 Å². The smallest absolute Gasteiger partial charge is 0.253 e. The number of nitrogens with one attached hydrogen (secondary N) is 1. The SMILES string of the molecule is COc1cc(N)c(C(=O)NC(C)CCO)cc1OC. The van der Waals surface area contributed by atoms with Gasteiger partial charge >= 0.3 is 0 Å². The highest BCUT2D eigenvalue weighted by Crippen LogP contribution is 2.31. The molecule has 0 bridgehead atoms. The van der Waals surface area contributed by atoms with E-state index in [1.165, 1.54) is 20.3 Å². The predicted molar refractivity (Wildman–Crippen MR) is 72.6 cm³/mol. The van der Waals surface area contributed by atoms with E-state index in [4.69, 9.17) is 20.3 Å². The van der Waals surface area contributed by atoms with Crippen LogP contribution in [0.25, 0.3) is 0 Å². The lowest BCUT2D eigenvalue weighted by molar-refractivity contribution is 0.0935. The van der Waals surface area contributed by atoms with Crippen molar-refractivity contribution in [2.24, 2.45) is 0 Å². The Morgan fingerprint density at radius 1 is 1.37 bits per heavy atom. The van der Waals surface area contributed by atoms with Gasteiger partial charge in [-0.3, -0.25) is 4.79 Å². The molecule has 0 radical (unpaired) electrons. The third-order valence-electron chi connectivity index (χ3n) is 2.74. The number of nitrogen functional groups attached to an aromatic ring is 1. The molecule has 1 unspecified atom stereocenters. The molecule has 1 amide bonds. The molecule has 106 valence electrons. The number of aliphatic hydroxyl groups excluding tert-OH is 1. The number of hydrogen-bond acceptors (Lipinski definition) is 5. The highest BCUT2D eigenvalue weighted by molar-refractivity contribution is 6.00. The van der Waals surface area contributed by atoms with E-state index in [0.29, 0.717) is 29.2 Å². The predicted octanol–water partition coefficient (Wildman–Crippen LogP) is 0.787. The zero-order valence-corrected chi connectivity index (χ0v) is 11.4. The van der Waals surface area contributed by atoms with Gasteiger partial charge in [-0.05, 0) is 19.4 Å².